The smallest absolute Gasteiger partial charge is 0.309 e. The van der Waals surface area contributed by atoms with E-state index in [1.807, 2.05) is 0 Å². The van der Waals surface area contributed by atoms with Gasteiger partial charge in [0.15, 0.2) is 0 Å². The van der Waals surface area contributed by atoms with Crippen LogP contribution in [0.2, 0.25) is 0 Å². The zero-order chi connectivity index (χ0) is 15.6. The molecule has 0 amide bonds. The second-order valence-corrected chi connectivity index (χ2v) is 7.07. The first-order valence-electron chi connectivity index (χ1n) is 9.63. The Bertz CT molecular complexity index is 316. The van der Waals surface area contributed by atoms with Crippen LogP contribution in [0.5, 0.6) is 0 Å². The van der Waals surface area contributed by atoms with E-state index in [0.29, 0.717) is 18.8 Å². The molecule has 128 valence electrons. The van der Waals surface area contributed by atoms with Crippen LogP contribution in [0.25, 0.3) is 0 Å². The Labute approximate surface area is 136 Å². The van der Waals surface area contributed by atoms with Crippen LogP contribution in [0, 0.1) is 5.92 Å². The van der Waals surface area contributed by atoms with Crippen molar-refractivity contribution in [2.24, 2.45) is 5.92 Å². The summed E-state index contributed by atoms with van der Waals surface area (Å²) in [7, 11) is 0. The van der Waals surface area contributed by atoms with Crippen LogP contribution in [-0.2, 0) is 14.3 Å². The van der Waals surface area contributed by atoms with E-state index in [2.05, 4.69) is 6.92 Å². The first-order chi connectivity index (χ1) is 10.8. The van der Waals surface area contributed by atoms with Crippen LogP contribution in [0.3, 0.4) is 0 Å². The lowest BCUT2D eigenvalue weighted by Gasteiger charge is -2.17. The summed E-state index contributed by atoms with van der Waals surface area (Å²) in [5, 5.41) is 0. The molecule has 0 N–H and O–H groups in total. The van der Waals surface area contributed by atoms with Gasteiger partial charge in [0.05, 0.1) is 24.7 Å². The van der Waals surface area contributed by atoms with Gasteiger partial charge in [-0.3, -0.25) is 4.79 Å². The molecule has 1 aliphatic carbocycles. The van der Waals surface area contributed by atoms with Gasteiger partial charge in [-0.25, -0.2) is 0 Å². The molecule has 22 heavy (non-hydrogen) atoms. The second kappa shape index (κ2) is 10.3. The summed E-state index contributed by atoms with van der Waals surface area (Å²) in [6, 6.07) is 0. The zero-order valence-corrected chi connectivity index (χ0v) is 14.4. The van der Waals surface area contributed by atoms with Gasteiger partial charge in [-0.2, -0.15) is 0 Å². The Kier molecular flexibility index (Phi) is 8.28. The molecule has 3 unspecified atom stereocenters. The summed E-state index contributed by atoms with van der Waals surface area (Å²) in [6.45, 7) is 2.87. The fraction of sp³-hybridized carbons (Fsp3) is 0.947. The molecule has 2 fully saturated rings. The van der Waals surface area contributed by atoms with Crippen molar-refractivity contribution in [2.45, 2.75) is 103 Å². The summed E-state index contributed by atoms with van der Waals surface area (Å²) in [4.78, 5) is 11.9. The van der Waals surface area contributed by atoms with E-state index < -0.39 is 0 Å². The lowest BCUT2D eigenvalue weighted by atomic mass is 9.89. The number of fused-ring (bicyclic) bond motifs is 1. The molecule has 1 saturated heterocycles. The Morgan fingerprint density at radius 3 is 2.18 bits per heavy atom. The highest BCUT2D eigenvalue weighted by Crippen LogP contribution is 2.39. The first-order valence-corrected chi connectivity index (χ1v) is 9.63. The standard InChI is InChI=1S/C19H34O3/c1-2-3-4-5-6-7-8-9-10-11-14-21-19(20)16-12-13-17-18(15-16)22-17/h16-18H,2-15H2,1H3. The molecule has 0 aromatic carbocycles. The fourth-order valence-corrected chi connectivity index (χ4v) is 3.50. The zero-order valence-electron chi connectivity index (χ0n) is 14.4. The molecule has 0 bridgehead atoms. The molecule has 1 saturated carbocycles. The highest BCUT2D eigenvalue weighted by molar-refractivity contribution is 5.72. The van der Waals surface area contributed by atoms with Gasteiger partial charge in [0.2, 0.25) is 0 Å². The average Bonchev–Trinajstić information content (AvgIpc) is 3.31. The molecule has 0 radical (unpaired) electrons. The summed E-state index contributed by atoms with van der Waals surface area (Å²) >= 11 is 0. The van der Waals surface area contributed by atoms with Crippen molar-refractivity contribution >= 4 is 5.97 Å². The third-order valence-corrected chi connectivity index (χ3v) is 5.08. The van der Waals surface area contributed by atoms with E-state index in [9.17, 15) is 4.79 Å². The predicted octanol–water partition coefficient (Wildman–Crippen LogP) is 5.02. The Morgan fingerprint density at radius 1 is 0.909 bits per heavy atom. The van der Waals surface area contributed by atoms with Crippen LogP contribution in [0.15, 0.2) is 0 Å². The normalized spacial score (nSPS) is 26.5. The maximum Gasteiger partial charge on any atom is 0.309 e. The van der Waals surface area contributed by atoms with Gasteiger partial charge in [0.1, 0.15) is 0 Å². The molecular weight excluding hydrogens is 276 g/mol. The topological polar surface area (TPSA) is 38.8 Å². The quantitative estimate of drug-likeness (QED) is 0.289. The number of carbonyl (C=O) groups is 1. The number of esters is 1. The van der Waals surface area contributed by atoms with E-state index in [4.69, 9.17) is 9.47 Å². The van der Waals surface area contributed by atoms with Crippen molar-refractivity contribution in [3.05, 3.63) is 0 Å². The molecular formula is C19H34O3. The summed E-state index contributed by atoms with van der Waals surface area (Å²) in [5.41, 5.74) is 0. The SMILES string of the molecule is CCCCCCCCCCCCOC(=O)C1CCC2OC2C1. The van der Waals surface area contributed by atoms with Crippen molar-refractivity contribution < 1.29 is 14.3 Å². The lowest BCUT2D eigenvalue weighted by molar-refractivity contribution is -0.149. The van der Waals surface area contributed by atoms with Crippen molar-refractivity contribution in [2.75, 3.05) is 6.61 Å². The highest BCUT2D eigenvalue weighted by Gasteiger charge is 2.46. The third-order valence-electron chi connectivity index (χ3n) is 5.08. The largest absolute Gasteiger partial charge is 0.465 e. The third kappa shape index (κ3) is 6.68. The first kappa shape index (κ1) is 17.8. The van der Waals surface area contributed by atoms with Crippen molar-refractivity contribution in [3.8, 4) is 0 Å². The van der Waals surface area contributed by atoms with Gasteiger partial charge in [-0.1, -0.05) is 64.7 Å². The Balaban J connectivity index is 1.34. The highest BCUT2D eigenvalue weighted by atomic mass is 16.6. The molecule has 0 aromatic heterocycles. The molecule has 3 atom stereocenters. The number of carbonyl (C=O) groups excluding carboxylic acids is 1. The number of hydrogen-bond donors (Lipinski definition) is 0. The van der Waals surface area contributed by atoms with E-state index in [1.165, 1.54) is 57.8 Å². The van der Waals surface area contributed by atoms with Gasteiger partial charge >= 0.3 is 5.97 Å². The van der Waals surface area contributed by atoms with Gasteiger partial charge < -0.3 is 9.47 Å². The average molecular weight is 310 g/mol. The minimum atomic E-state index is 0.0184. The molecule has 3 heteroatoms. The van der Waals surface area contributed by atoms with Crippen LogP contribution < -0.4 is 0 Å². The molecule has 0 aromatic rings. The number of epoxide rings is 1. The van der Waals surface area contributed by atoms with Crippen LogP contribution in [0.1, 0.15) is 90.4 Å². The second-order valence-electron chi connectivity index (χ2n) is 7.07. The van der Waals surface area contributed by atoms with Crippen LogP contribution >= 0.6 is 0 Å². The monoisotopic (exact) mass is 310 g/mol. The van der Waals surface area contributed by atoms with Gasteiger partial charge in [0, 0.05) is 0 Å². The number of rotatable bonds is 12. The number of ether oxygens (including phenoxy) is 2. The van der Waals surface area contributed by atoms with Crippen molar-refractivity contribution in [1.82, 2.24) is 0 Å². The molecule has 2 rings (SSSR count). The van der Waals surface area contributed by atoms with Gasteiger partial charge in [0.25, 0.3) is 0 Å². The molecule has 2 aliphatic rings. The van der Waals surface area contributed by atoms with Gasteiger partial charge in [-0.15, -0.1) is 0 Å². The van der Waals surface area contributed by atoms with E-state index >= 15 is 0 Å². The van der Waals surface area contributed by atoms with Crippen molar-refractivity contribution in [1.29, 1.82) is 0 Å². The maximum atomic E-state index is 11.9. The minimum absolute atomic E-state index is 0.0184. The fourth-order valence-electron chi connectivity index (χ4n) is 3.50. The summed E-state index contributed by atoms with van der Waals surface area (Å²) in [6.07, 6.45) is 16.8. The van der Waals surface area contributed by atoms with Gasteiger partial charge in [-0.05, 0) is 25.7 Å². The molecule has 3 nitrogen and oxygen atoms in total. The lowest BCUT2D eigenvalue weighted by Crippen LogP contribution is -2.24. The maximum absolute atomic E-state index is 11.9. The van der Waals surface area contributed by atoms with E-state index in [-0.39, 0.29) is 11.9 Å². The molecule has 1 heterocycles. The number of unbranched alkanes of at least 4 members (excludes halogenated alkanes) is 9. The number of hydrogen-bond acceptors (Lipinski definition) is 3. The van der Waals surface area contributed by atoms with Crippen LogP contribution in [-0.4, -0.2) is 24.8 Å². The van der Waals surface area contributed by atoms with Crippen molar-refractivity contribution in [3.63, 3.8) is 0 Å². The molecule has 0 spiro atoms. The summed E-state index contributed by atoms with van der Waals surface area (Å²) in [5.74, 6) is 0.122. The molecule has 1 aliphatic heterocycles. The Hall–Kier alpha value is -0.570. The minimum Gasteiger partial charge on any atom is -0.465 e. The Morgan fingerprint density at radius 2 is 1.55 bits per heavy atom. The van der Waals surface area contributed by atoms with E-state index in [1.54, 1.807) is 0 Å². The summed E-state index contributed by atoms with van der Waals surface area (Å²) < 4.78 is 10.9. The predicted molar refractivity (Wildman–Crippen MR) is 88.8 cm³/mol. The van der Waals surface area contributed by atoms with E-state index in [0.717, 1.165) is 25.7 Å². The van der Waals surface area contributed by atoms with Crippen LogP contribution in [0.4, 0.5) is 0 Å².